The van der Waals surface area contributed by atoms with Crippen LogP contribution in [0.2, 0.25) is 0 Å². The Kier molecular flexibility index (Phi) is 5.93. The molecule has 0 radical (unpaired) electrons. The van der Waals surface area contributed by atoms with Crippen molar-refractivity contribution in [2.24, 2.45) is 4.99 Å². The van der Waals surface area contributed by atoms with Crippen LogP contribution in [-0.2, 0) is 16.3 Å². The summed E-state index contributed by atoms with van der Waals surface area (Å²) in [5, 5.41) is 9.53. The van der Waals surface area contributed by atoms with Gasteiger partial charge in [0.05, 0.1) is 17.2 Å². The minimum Gasteiger partial charge on any atom is -0.356 e. The lowest BCUT2D eigenvalue weighted by Gasteiger charge is -2.15. The van der Waals surface area contributed by atoms with Gasteiger partial charge in [0.15, 0.2) is 15.8 Å². The summed E-state index contributed by atoms with van der Waals surface area (Å²) < 4.78 is 23.1. The van der Waals surface area contributed by atoms with Crippen LogP contribution in [0, 0.1) is 6.92 Å². The van der Waals surface area contributed by atoms with Gasteiger partial charge in [0.1, 0.15) is 5.01 Å². The molecule has 1 saturated heterocycles. The average molecular weight is 393 g/mol. The summed E-state index contributed by atoms with van der Waals surface area (Å²) in [4.78, 5) is 8.87. The van der Waals surface area contributed by atoms with Gasteiger partial charge in [0, 0.05) is 37.0 Å². The molecule has 1 aliphatic heterocycles. The Morgan fingerprint density at radius 3 is 2.77 bits per heavy atom. The standard InChI is InChI=1S/C18H24N4O2S2/c1-13-3-5-14(6-4-13)17-21-15(11-25-17)7-9-20-18(19-2)22-16-8-10-26(23,24)12-16/h3-6,11,16H,7-10,12H2,1-2H3,(H2,19,20,22). The van der Waals surface area contributed by atoms with Gasteiger partial charge in [-0.2, -0.15) is 0 Å². The van der Waals surface area contributed by atoms with Crippen molar-refractivity contribution in [2.45, 2.75) is 25.8 Å². The van der Waals surface area contributed by atoms with Crippen LogP contribution in [0.25, 0.3) is 10.6 Å². The predicted octanol–water partition coefficient (Wildman–Crippen LogP) is 2.01. The minimum absolute atomic E-state index is 0.0568. The highest BCUT2D eigenvalue weighted by Gasteiger charge is 2.28. The summed E-state index contributed by atoms with van der Waals surface area (Å²) >= 11 is 1.65. The normalized spacial score (nSPS) is 19.5. The first-order valence-electron chi connectivity index (χ1n) is 8.64. The number of aliphatic imine (C=N–C) groups is 1. The maximum absolute atomic E-state index is 11.5. The number of guanidine groups is 1. The van der Waals surface area contributed by atoms with E-state index in [0.29, 0.717) is 18.9 Å². The van der Waals surface area contributed by atoms with Gasteiger partial charge in [-0.05, 0) is 13.3 Å². The van der Waals surface area contributed by atoms with Crippen LogP contribution in [0.1, 0.15) is 17.7 Å². The van der Waals surface area contributed by atoms with Crippen LogP contribution in [0.4, 0.5) is 0 Å². The van der Waals surface area contributed by atoms with Gasteiger partial charge < -0.3 is 10.6 Å². The summed E-state index contributed by atoms with van der Waals surface area (Å²) in [5.41, 5.74) is 3.42. The number of aryl methyl sites for hydroxylation is 1. The quantitative estimate of drug-likeness (QED) is 0.601. The molecule has 6 nitrogen and oxygen atoms in total. The van der Waals surface area contributed by atoms with E-state index in [4.69, 9.17) is 4.98 Å². The lowest BCUT2D eigenvalue weighted by molar-refractivity contribution is 0.599. The Hall–Kier alpha value is -1.93. The van der Waals surface area contributed by atoms with Crippen molar-refractivity contribution in [3.63, 3.8) is 0 Å². The average Bonchev–Trinajstić information content (AvgIpc) is 3.21. The van der Waals surface area contributed by atoms with E-state index in [1.54, 1.807) is 18.4 Å². The van der Waals surface area contributed by atoms with Crippen LogP contribution in [0.3, 0.4) is 0 Å². The minimum atomic E-state index is -2.89. The van der Waals surface area contributed by atoms with Crippen molar-refractivity contribution in [1.29, 1.82) is 0 Å². The first-order chi connectivity index (χ1) is 12.4. The lowest BCUT2D eigenvalue weighted by Crippen LogP contribution is -2.44. The third kappa shape index (κ3) is 5.04. The second-order valence-corrected chi connectivity index (χ2v) is 9.59. The molecule has 0 amide bonds. The number of nitrogens with zero attached hydrogens (tertiary/aromatic N) is 2. The van der Waals surface area contributed by atoms with Crippen LogP contribution < -0.4 is 10.6 Å². The highest BCUT2D eigenvalue weighted by atomic mass is 32.2. The van der Waals surface area contributed by atoms with Crippen molar-refractivity contribution in [1.82, 2.24) is 15.6 Å². The van der Waals surface area contributed by atoms with Crippen molar-refractivity contribution in [3.8, 4) is 10.6 Å². The molecule has 1 fully saturated rings. The van der Waals surface area contributed by atoms with Gasteiger partial charge in [-0.3, -0.25) is 4.99 Å². The van der Waals surface area contributed by atoms with Crippen molar-refractivity contribution in [2.75, 3.05) is 25.1 Å². The van der Waals surface area contributed by atoms with Crippen molar-refractivity contribution < 1.29 is 8.42 Å². The monoisotopic (exact) mass is 392 g/mol. The zero-order chi connectivity index (χ0) is 18.6. The molecule has 1 atom stereocenters. The molecular formula is C18H24N4O2S2. The van der Waals surface area contributed by atoms with Gasteiger partial charge in [-0.15, -0.1) is 11.3 Å². The Balaban J connectivity index is 1.49. The third-order valence-corrected chi connectivity index (χ3v) is 7.03. The van der Waals surface area contributed by atoms with Gasteiger partial charge in [0.2, 0.25) is 0 Å². The highest BCUT2D eigenvalue weighted by Crippen LogP contribution is 2.24. The molecular weight excluding hydrogens is 368 g/mol. The Morgan fingerprint density at radius 2 is 2.12 bits per heavy atom. The zero-order valence-corrected chi connectivity index (χ0v) is 16.7. The fourth-order valence-electron chi connectivity index (χ4n) is 2.86. The third-order valence-electron chi connectivity index (χ3n) is 4.32. The summed E-state index contributed by atoms with van der Waals surface area (Å²) in [6.07, 6.45) is 1.42. The number of thiazole rings is 1. The molecule has 2 N–H and O–H groups in total. The number of aromatic nitrogens is 1. The van der Waals surface area contributed by atoms with E-state index < -0.39 is 9.84 Å². The molecule has 0 spiro atoms. The molecule has 1 aliphatic rings. The molecule has 2 heterocycles. The first-order valence-corrected chi connectivity index (χ1v) is 11.3. The number of rotatable bonds is 5. The summed E-state index contributed by atoms with van der Waals surface area (Å²) in [6.45, 7) is 2.76. The van der Waals surface area contributed by atoms with E-state index in [-0.39, 0.29) is 17.5 Å². The molecule has 2 aromatic rings. The van der Waals surface area contributed by atoms with Crippen molar-refractivity contribution in [3.05, 3.63) is 40.9 Å². The molecule has 1 unspecified atom stereocenters. The fraction of sp³-hybridized carbons (Fsp3) is 0.444. The topological polar surface area (TPSA) is 83.4 Å². The van der Waals surface area contributed by atoms with Crippen molar-refractivity contribution >= 4 is 27.1 Å². The lowest BCUT2D eigenvalue weighted by atomic mass is 10.2. The Labute approximate surface area is 158 Å². The van der Waals surface area contributed by atoms with E-state index in [1.807, 2.05) is 0 Å². The zero-order valence-electron chi connectivity index (χ0n) is 15.0. The molecule has 1 aromatic heterocycles. The molecule has 0 saturated carbocycles. The van der Waals surface area contributed by atoms with E-state index in [1.165, 1.54) is 5.56 Å². The van der Waals surface area contributed by atoms with Crippen LogP contribution >= 0.6 is 11.3 Å². The van der Waals surface area contributed by atoms with Crippen LogP contribution in [0.15, 0.2) is 34.6 Å². The maximum atomic E-state index is 11.5. The van der Waals surface area contributed by atoms with Gasteiger partial charge in [0.25, 0.3) is 0 Å². The smallest absolute Gasteiger partial charge is 0.191 e. The molecule has 1 aromatic carbocycles. The second-order valence-electron chi connectivity index (χ2n) is 6.50. The van der Waals surface area contributed by atoms with Crippen LogP contribution in [-0.4, -0.2) is 50.5 Å². The highest BCUT2D eigenvalue weighted by molar-refractivity contribution is 7.91. The largest absolute Gasteiger partial charge is 0.356 e. The SMILES string of the molecule is CN=C(NCCc1csc(-c2ccc(C)cc2)n1)NC1CCS(=O)(=O)C1. The predicted molar refractivity (Wildman–Crippen MR) is 108 cm³/mol. The van der Waals surface area contributed by atoms with Gasteiger partial charge >= 0.3 is 0 Å². The van der Waals surface area contributed by atoms with Gasteiger partial charge in [-0.25, -0.2) is 13.4 Å². The molecule has 0 aliphatic carbocycles. The number of hydrogen-bond donors (Lipinski definition) is 2. The summed E-state index contributed by atoms with van der Waals surface area (Å²) in [5.74, 6) is 1.07. The number of sulfone groups is 1. The Morgan fingerprint density at radius 1 is 1.35 bits per heavy atom. The molecule has 140 valence electrons. The molecule has 8 heteroatoms. The molecule has 3 rings (SSSR count). The number of hydrogen-bond acceptors (Lipinski definition) is 5. The van der Waals surface area contributed by atoms with E-state index in [9.17, 15) is 8.42 Å². The Bertz CT molecular complexity index is 873. The first kappa shape index (κ1) is 18.8. The summed E-state index contributed by atoms with van der Waals surface area (Å²) in [7, 11) is -1.20. The van der Waals surface area contributed by atoms with E-state index in [0.717, 1.165) is 22.7 Å². The molecule has 26 heavy (non-hydrogen) atoms. The van der Waals surface area contributed by atoms with E-state index in [2.05, 4.69) is 52.2 Å². The number of nitrogens with one attached hydrogen (secondary N) is 2. The van der Waals surface area contributed by atoms with Crippen LogP contribution in [0.5, 0.6) is 0 Å². The second kappa shape index (κ2) is 8.18. The maximum Gasteiger partial charge on any atom is 0.191 e. The van der Waals surface area contributed by atoms with Gasteiger partial charge in [-0.1, -0.05) is 29.8 Å². The number of benzene rings is 1. The van der Waals surface area contributed by atoms with E-state index >= 15 is 0 Å². The fourth-order valence-corrected chi connectivity index (χ4v) is 5.39. The summed E-state index contributed by atoms with van der Waals surface area (Å²) in [6, 6.07) is 8.32. The molecule has 0 bridgehead atoms.